The van der Waals surface area contributed by atoms with E-state index in [-0.39, 0.29) is 5.92 Å². The molecule has 0 saturated carbocycles. The first-order valence-corrected chi connectivity index (χ1v) is 4.84. The summed E-state index contributed by atoms with van der Waals surface area (Å²) in [6.45, 7) is 1.56. The molecule has 0 N–H and O–H groups in total. The molecule has 1 fully saturated rings. The number of rotatable bonds is 2. The van der Waals surface area contributed by atoms with Gasteiger partial charge in [0.15, 0.2) is 0 Å². The first-order valence-electron chi connectivity index (χ1n) is 4.84. The molecule has 0 unspecified atom stereocenters. The van der Waals surface area contributed by atoms with Crippen LogP contribution in [0.4, 0.5) is 11.6 Å². The Balaban J connectivity index is 2.10. The molecule has 2 heterocycles. The number of nitrogens with zero attached hydrogens (tertiary/aromatic N) is 5. The molecule has 1 aromatic rings. The maximum atomic E-state index is 8.68. The van der Waals surface area contributed by atoms with Gasteiger partial charge in [-0.15, -0.1) is 0 Å². The summed E-state index contributed by atoms with van der Waals surface area (Å²) in [5.74, 6) is 1.95. The minimum Gasteiger partial charge on any atom is -0.363 e. The fourth-order valence-corrected chi connectivity index (χ4v) is 1.50. The van der Waals surface area contributed by atoms with E-state index >= 15 is 0 Å². The molecule has 1 aliphatic heterocycles. The Morgan fingerprint density at radius 2 is 2.20 bits per heavy atom. The highest BCUT2D eigenvalue weighted by Gasteiger charge is 2.27. The maximum absolute atomic E-state index is 8.68. The van der Waals surface area contributed by atoms with E-state index in [1.807, 2.05) is 25.1 Å². The van der Waals surface area contributed by atoms with Crippen molar-refractivity contribution in [2.24, 2.45) is 5.92 Å². The van der Waals surface area contributed by atoms with Gasteiger partial charge in [0.1, 0.15) is 18.0 Å². The normalized spacial score (nSPS) is 15.7. The lowest BCUT2D eigenvalue weighted by Crippen LogP contribution is -2.46. The van der Waals surface area contributed by atoms with E-state index in [0.717, 1.165) is 24.7 Å². The van der Waals surface area contributed by atoms with Gasteiger partial charge in [-0.2, -0.15) is 5.26 Å². The Morgan fingerprint density at radius 3 is 2.80 bits per heavy atom. The zero-order valence-electron chi connectivity index (χ0n) is 8.88. The molecule has 1 saturated heterocycles. The zero-order chi connectivity index (χ0) is 10.8. The van der Waals surface area contributed by atoms with Crippen LogP contribution in [-0.2, 0) is 0 Å². The molecule has 2 rings (SSSR count). The largest absolute Gasteiger partial charge is 0.363 e. The van der Waals surface area contributed by atoms with Crippen LogP contribution in [0.3, 0.4) is 0 Å². The van der Waals surface area contributed by atoms with Crippen molar-refractivity contribution in [3.8, 4) is 6.07 Å². The Hall–Kier alpha value is -1.83. The molecule has 0 aliphatic carbocycles. The first kappa shape index (κ1) is 9.71. The number of anilines is 2. The standard InChI is InChI=1S/C10H13N5/c1-14(2)9-3-10(13-7-12-9)15-5-8(4-11)6-15/h3,7-8H,5-6H2,1-2H3. The third-order valence-electron chi connectivity index (χ3n) is 2.48. The van der Waals surface area contributed by atoms with Gasteiger partial charge in [-0.1, -0.05) is 0 Å². The summed E-state index contributed by atoms with van der Waals surface area (Å²) < 4.78 is 0. The van der Waals surface area contributed by atoms with Crippen LogP contribution in [0, 0.1) is 17.2 Å². The van der Waals surface area contributed by atoms with Crippen LogP contribution < -0.4 is 9.80 Å². The van der Waals surface area contributed by atoms with Gasteiger partial charge in [0.05, 0.1) is 12.0 Å². The average molecular weight is 203 g/mol. The molecule has 0 bridgehead atoms. The van der Waals surface area contributed by atoms with Gasteiger partial charge >= 0.3 is 0 Å². The molecule has 0 radical (unpaired) electrons. The second kappa shape index (κ2) is 3.73. The Labute approximate surface area is 89.0 Å². The van der Waals surface area contributed by atoms with Crippen LogP contribution in [0.15, 0.2) is 12.4 Å². The fourth-order valence-electron chi connectivity index (χ4n) is 1.50. The molecule has 15 heavy (non-hydrogen) atoms. The minimum atomic E-state index is 0.155. The Bertz CT molecular complexity index is 389. The molecular formula is C10H13N5. The van der Waals surface area contributed by atoms with Gasteiger partial charge in [0.25, 0.3) is 0 Å². The van der Waals surface area contributed by atoms with E-state index < -0.39 is 0 Å². The van der Waals surface area contributed by atoms with E-state index in [9.17, 15) is 0 Å². The molecular weight excluding hydrogens is 190 g/mol. The zero-order valence-corrected chi connectivity index (χ0v) is 8.88. The second-order valence-electron chi connectivity index (χ2n) is 3.86. The SMILES string of the molecule is CN(C)c1cc(N2CC(C#N)C2)ncn1. The van der Waals surface area contributed by atoms with Gasteiger partial charge in [-0.05, 0) is 0 Å². The highest BCUT2D eigenvalue weighted by Crippen LogP contribution is 2.23. The monoisotopic (exact) mass is 203 g/mol. The molecule has 1 aromatic heterocycles. The van der Waals surface area contributed by atoms with Crippen molar-refractivity contribution < 1.29 is 0 Å². The van der Waals surface area contributed by atoms with Gasteiger partial charge in [0, 0.05) is 33.3 Å². The van der Waals surface area contributed by atoms with Crippen molar-refractivity contribution in [2.75, 3.05) is 37.0 Å². The smallest absolute Gasteiger partial charge is 0.134 e. The molecule has 5 heteroatoms. The van der Waals surface area contributed by atoms with Gasteiger partial charge in [0.2, 0.25) is 0 Å². The van der Waals surface area contributed by atoms with Crippen LogP contribution in [0.25, 0.3) is 0 Å². The Morgan fingerprint density at radius 1 is 1.47 bits per heavy atom. The fraction of sp³-hybridized carbons (Fsp3) is 0.500. The molecule has 0 atom stereocenters. The molecule has 0 aromatic carbocycles. The molecule has 78 valence electrons. The second-order valence-corrected chi connectivity index (χ2v) is 3.86. The van der Waals surface area contributed by atoms with E-state index in [1.54, 1.807) is 6.33 Å². The van der Waals surface area contributed by atoms with Crippen LogP contribution in [0.2, 0.25) is 0 Å². The summed E-state index contributed by atoms with van der Waals surface area (Å²) in [4.78, 5) is 12.4. The third-order valence-corrected chi connectivity index (χ3v) is 2.48. The quantitative estimate of drug-likeness (QED) is 0.700. The number of hydrogen-bond acceptors (Lipinski definition) is 5. The molecule has 0 spiro atoms. The van der Waals surface area contributed by atoms with Crippen molar-refractivity contribution >= 4 is 11.6 Å². The lowest BCUT2D eigenvalue weighted by atomic mass is 10.0. The van der Waals surface area contributed by atoms with Gasteiger partial charge in [-0.3, -0.25) is 0 Å². The summed E-state index contributed by atoms with van der Waals surface area (Å²) in [7, 11) is 3.89. The highest BCUT2D eigenvalue weighted by atomic mass is 15.3. The van der Waals surface area contributed by atoms with Crippen molar-refractivity contribution in [2.45, 2.75) is 0 Å². The molecule has 0 amide bonds. The van der Waals surface area contributed by atoms with Crippen LogP contribution in [-0.4, -0.2) is 37.2 Å². The maximum Gasteiger partial charge on any atom is 0.134 e. The van der Waals surface area contributed by atoms with E-state index in [0.29, 0.717) is 0 Å². The van der Waals surface area contributed by atoms with E-state index in [4.69, 9.17) is 5.26 Å². The third kappa shape index (κ3) is 1.84. The summed E-state index contributed by atoms with van der Waals surface area (Å²) in [5.41, 5.74) is 0. The van der Waals surface area contributed by atoms with Crippen molar-refractivity contribution in [3.63, 3.8) is 0 Å². The molecule has 1 aliphatic rings. The van der Waals surface area contributed by atoms with Crippen LogP contribution >= 0.6 is 0 Å². The lowest BCUT2D eigenvalue weighted by molar-refractivity contribution is 0.499. The predicted molar refractivity (Wildman–Crippen MR) is 57.7 cm³/mol. The van der Waals surface area contributed by atoms with Crippen LogP contribution in [0.1, 0.15) is 0 Å². The number of aromatic nitrogens is 2. The van der Waals surface area contributed by atoms with Crippen molar-refractivity contribution in [1.29, 1.82) is 5.26 Å². The minimum absolute atomic E-state index is 0.155. The number of nitriles is 1. The topological polar surface area (TPSA) is 56.0 Å². The lowest BCUT2D eigenvalue weighted by Gasteiger charge is -2.36. The summed E-state index contributed by atoms with van der Waals surface area (Å²) in [6, 6.07) is 4.18. The van der Waals surface area contributed by atoms with Gasteiger partial charge in [-0.25, -0.2) is 9.97 Å². The first-order chi connectivity index (χ1) is 7.20. The van der Waals surface area contributed by atoms with Crippen molar-refractivity contribution in [3.05, 3.63) is 12.4 Å². The van der Waals surface area contributed by atoms with E-state index in [2.05, 4.69) is 20.9 Å². The van der Waals surface area contributed by atoms with Crippen molar-refractivity contribution in [1.82, 2.24) is 9.97 Å². The number of hydrogen-bond donors (Lipinski definition) is 0. The van der Waals surface area contributed by atoms with Gasteiger partial charge < -0.3 is 9.80 Å². The predicted octanol–water partition coefficient (Wildman–Crippen LogP) is 0.502. The Kier molecular flexibility index (Phi) is 2.42. The average Bonchev–Trinajstić information content (AvgIpc) is 2.16. The van der Waals surface area contributed by atoms with E-state index in [1.165, 1.54) is 0 Å². The molecule has 5 nitrogen and oxygen atoms in total. The van der Waals surface area contributed by atoms with Crippen LogP contribution in [0.5, 0.6) is 0 Å². The highest BCUT2D eigenvalue weighted by molar-refractivity contribution is 5.51. The summed E-state index contributed by atoms with van der Waals surface area (Å²) in [6.07, 6.45) is 1.56. The summed E-state index contributed by atoms with van der Waals surface area (Å²) >= 11 is 0. The summed E-state index contributed by atoms with van der Waals surface area (Å²) in [5, 5.41) is 8.68.